The van der Waals surface area contributed by atoms with Crippen molar-refractivity contribution in [3.8, 4) is 0 Å². The molecule has 0 aromatic heterocycles. The van der Waals surface area contributed by atoms with Gasteiger partial charge in [-0.15, -0.1) is 0 Å². The van der Waals surface area contributed by atoms with Gasteiger partial charge in [-0.3, -0.25) is 19.2 Å². The van der Waals surface area contributed by atoms with Crippen LogP contribution in [0.15, 0.2) is 117 Å². The van der Waals surface area contributed by atoms with Crippen LogP contribution in [0.25, 0.3) is 0 Å². The molecule has 11 rings (SSSR count). The number of benzene rings is 4. The maximum atomic E-state index is 13.3. The second-order valence-electron chi connectivity index (χ2n) is 14.3. The normalized spacial score (nSPS) is 14.9. The van der Waals surface area contributed by atoms with Crippen LogP contribution in [0.1, 0.15) is 51.4 Å². The Morgan fingerprint density at radius 3 is 0.700 bits per heavy atom. The molecule has 0 atom stereocenters. The molecule has 320 valence electrons. The Morgan fingerprint density at radius 2 is 0.533 bits per heavy atom. The highest BCUT2D eigenvalue weighted by atomic mass is 33.1. The van der Waals surface area contributed by atoms with Crippen LogP contribution in [-0.2, 0) is 19.2 Å². The molecule has 4 aromatic carbocycles. The van der Waals surface area contributed by atoms with Crippen molar-refractivity contribution >= 4 is 89.6 Å². The highest BCUT2D eigenvalue weighted by molar-refractivity contribution is 8.77. The van der Waals surface area contributed by atoms with Crippen molar-refractivity contribution in [1.29, 1.82) is 0 Å². The average Bonchev–Trinajstić information content (AvgIpc) is 3.26. The van der Waals surface area contributed by atoms with E-state index in [4.69, 9.17) is 0 Å². The van der Waals surface area contributed by atoms with E-state index in [1.54, 1.807) is 43.2 Å². The van der Waals surface area contributed by atoms with Crippen LogP contribution in [0.3, 0.4) is 0 Å². The van der Waals surface area contributed by atoms with Crippen molar-refractivity contribution in [3.05, 3.63) is 97.1 Å². The van der Waals surface area contributed by atoms with Gasteiger partial charge in [0.15, 0.2) is 0 Å². The lowest BCUT2D eigenvalue weighted by Gasteiger charge is -2.25. The summed E-state index contributed by atoms with van der Waals surface area (Å²) in [6.45, 7) is 4.23. The molecule has 0 saturated heterocycles. The first-order valence-electron chi connectivity index (χ1n) is 20.7. The number of hydrogen-bond acceptors (Lipinski definition) is 8. The second kappa shape index (κ2) is 25.1. The third-order valence-corrected chi connectivity index (χ3v) is 14.7. The molecule has 12 nitrogen and oxygen atoms in total. The van der Waals surface area contributed by atoms with E-state index in [0.29, 0.717) is 78.0 Å². The monoisotopic (exact) mass is 892 g/mol. The summed E-state index contributed by atoms with van der Waals surface area (Å²) in [4.78, 5) is 64.8. The SMILES string of the molecule is [NH3+]CCC(=O)N1CCCCN(C(=O)CC[NH3+])c2ccc(cc2)SSc2ccc(cc2)N(C(=O)CC[NH3+])CCCCN(C(=O)CC[NH3+])c2ccc(cc2)SSc2ccc1cc2. The van der Waals surface area contributed by atoms with Crippen molar-refractivity contribution in [2.75, 3.05) is 72.0 Å². The van der Waals surface area contributed by atoms with Crippen molar-refractivity contribution in [3.63, 3.8) is 0 Å². The van der Waals surface area contributed by atoms with Crippen LogP contribution in [-0.4, -0.2) is 76.0 Å². The van der Waals surface area contributed by atoms with Gasteiger partial charge >= 0.3 is 0 Å². The number of anilines is 4. The zero-order chi connectivity index (χ0) is 42.7. The highest BCUT2D eigenvalue weighted by Gasteiger charge is 2.21. The molecule has 7 heterocycles. The van der Waals surface area contributed by atoms with Gasteiger partial charge in [0.1, 0.15) is 0 Å². The average molecular weight is 893 g/mol. The Kier molecular flexibility index (Phi) is 19.7. The van der Waals surface area contributed by atoms with Crippen molar-refractivity contribution in [2.45, 2.75) is 70.9 Å². The molecule has 0 unspecified atom stereocenters. The first-order chi connectivity index (χ1) is 29.2. The largest absolute Gasteiger partial charge is 0.357 e. The van der Waals surface area contributed by atoms with Gasteiger partial charge in [0, 0.05) is 68.5 Å². The maximum absolute atomic E-state index is 13.3. The number of quaternary nitrogens is 4. The number of rotatable bonds is 8. The van der Waals surface area contributed by atoms with Crippen LogP contribution in [0.4, 0.5) is 22.7 Å². The summed E-state index contributed by atoms with van der Waals surface area (Å²) in [6, 6.07) is 32.3. The lowest BCUT2D eigenvalue weighted by atomic mass is 10.2. The molecule has 0 aliphatic carbocycles. The van der Waals surface area contributed by atoms with Gasteiger partial charge in [0.2, 0.25) is 23.6 Å². The van der Waals surface area contributed by atoms with E-state index in [1.807, 2.05) is 117 Å². The molecule has 0 fully saturated rings. The van der Waals surface area contributed by atoms with E-state index in [1.165, 1.54) is 0 Å². The summed E-state index contributed by atoms with van der Waals surface area (Å²) in [7, 11) is 6.53. The molecule has 0 radical (unpaired) electrons. The highest BCUT2D eigenvalue weighted by Crippen LogP contribution is 2.40. The molecule has 8 bridgehead atoms. The van der Waals surface area contributed by atoms with E-state index < -0.39 is 0 Å². The zero-order valence-electron chi connectivity index (χ0n) is 34.4. The van der Waals surface area contributed by atoms with E-state index in [2.05, 4.69) is 22.9 Å². The number of nitrogens with zero attached hydrogens (tertiary/aromatic N) is 4. The van der Waals surface area contributed by atoms with Crippen LogP contribution in [0.2, 0.25) is 0 Å². The lowest BCUT2D eigenvalue weighted by molar-refractivity contribution is -0.366. The zero-order valence-corrected chi connectivity index (χ0v) is 37.7. The summed E-state index contributed by atoms with van der Waals surface area (Å²) < 4.78 is 0. The molecule has 60 heavy (non-hydrogen) atoms. The van der Waals surface area contributed by atoms with E-state index in [0.717, 1.165) is 68.0 Å². The molecular formula is C44H60N8O4S4+4. The number of carbonyl (C=O) groups is 4. The molecule has 4 aromatic rings. The van der Waals surface area contributed by atoms with Crippen LogP contribution >= 0.6 is 43.2 Å². The molecule has 12 N–H and O–H groups in total. The number of amides is 4. The van der Waals surface area contributed by atoms with Gasteiger partial charge in [-0.1, -0.05) is 43.2 Å². The minimum Gasteiger partial charge on any atom is -0.357 e. The maximum Gasteiger partial charge on any atom is 0.232 e. The molecule has 16 heteroatoms. The molecule has 7 aliphatic heterocycles. The minimum atomic E-state index is 0.0356. The summed E-state index contributed by atoms with van der Waals surface area (Å²) in [5, 5.41) is 0. The molecule has 0 saturated carbocycles. The quantitative estimate of drug-likeness (QED) is 0.187. The van der Waals surface area contributed by atoms with Crippen molar-refractivity contribution in [2.24, 2.45) is 0 Å². The van der Waals surface area contributed by atoms with Crippen molar-refractivity contribution in [1.82, 2.24) is 0 Å². The fourth-order valence-electron chi connectivity index (χ4n) is 6.73. The third-order valence-electron chi connectivity index (χ3n) is 9.86. The van der Waals surface area contributed by atoms with Gasteiger partial charge in [-0.05, 0) is 123 Å². The van der Waals surface area contributed by atoms with Gasteiger partial charge < -0.3 is 42.5 Å². The van der Waals surface area contributed by atoms with Crippen LogP contribution in [0, 0.1) is 0 Å². The minimum absolute atomic E-state index is 0.0356. The fraction of sp³-hybridized carbons (Fsp3) is 0.364. The number of carbonyl (C=O) groups excluding carboxylic acids is 4. The predicted octanol–water partition coefficient (Wildman–Crippen LogP) is 4.42. The van der Waals surface area contributed by atoms with Gasteiger partial charge in [0.25, 0.3) is 0 Å². The smallest absolute Gasteiger partial charge is 0.232 e. The second-order valence-corrected chi connectivity index (χ2v) is 18.9. The van der Waals surface area contributed by atoms with Crippen LogP contribution in [0.5, 0.6) is 0 Å². The summed E-state index contributed by atoms with van der Waals surface area (Å²) >= 11 is 0. The lowest BCUT2D eigenvalue weighted by Crippen LogP contribution is -2.52. The Balaban J connectivity index is 1.39. The summed E-state index contributed by atoms with van der Waals surface area (Å²) in [5.41, 5.74) is 19.0. The molecule has 7 aliphatic rings. The standard InChI is InChI=1S/C44H56N8O4S4/c45-25-21-41(53)49-29-1-2-30-50(42(54)22-26-46)34-7-15-38(16-8-34)58-60-40-19-11-36(12-20-40)52(44(56)24-28-48)32-4-3-31-51(43(55)23-27-47)35-9-17-39(18-10-35)59-57-37-13-5-33(49)6-14-37/h5-20H,1-4,21-32,45-48H2/p+4. The summed E-state index contributed by atoms with van der Waals surface area (Å²) in [5.74, 6) is 0.142. The van der Waals surface area contributed by atoms with E-state index in [-0.39, 0.29) is 23.6 Å². The predicted molar refractivity (Wildman–Crippen MR) is 247 cm³/mol. The Bertz CT molecular complexity index is 1690. The van der Waals surface area contributed by atoms with Crippen LogP contribution < -0.4 is 42.5 Å². The fourth-order valence-corrected chi connectivity index (χ4v) is 10.6. The van der Waals surface area contributed by atoms with Gasteiger partial charge in [-0.25, -0.2) is 0 Å². The topological polar surface area (TPSA) is 192 Å². The first kappa shape index (κ1) is 47.1. The summed E-state index contributed by atoms with van der Waals surface area (Å²) in [6.07, 6.45) is 4.34. The van der Waals surface area contributed by atoms with E-state index in [9.17, 15) is 19.2 Å². The molecular weight excluding hydrogens is 833 g/mol. The Labute approximate surface area is 369 Å². The number of hydrogen-bond donors (Lipinski definition) is 4. The molecule has 4 amide bonds. The van der Waals surface area contributed by atoms with E-state index >= 15 is 0 Å². The molecule has 0 spiro atoms. The third kappa shape index (κ3) is 14.0. The Morgan fingerprint density at radius 1 is 0.350 bits per heavy atom. The Hall–Kier alpha value is -4.00. The first-order valence-corrected chi connectivity index (χ1v) is 25.0. The van der Waals surface area contributed by atoms with Gasteiger partial charge in [0.05, 0.1) is 51.9 Å². The van der Waals surface area contributed by atoms with Gasteiger partial charge in [-0.2, -0.15) is 0 Å². The van der Waals surface area contributed by atoms with Crippen molar-refractivity contribution < 1.29 is 42.1 Å².